The fraction of sp³-hybridized carbons (Fsp3) is 0.188. The van der Waals surface area contributed by atoms with E-state index in [-0.39, 0.29) is 23.5 Å². The fourth-order valence-electron chi connectivity index (χ4n) is 4.68. The van der Waals surface area contributed by atoms with Gasteiger partial charge in [0.1, 0.15) is 0 Å². The van der Waals surface area contributed by atoms with Crippen LogP contribution in [0.1, 0.15) is 36.6 Å². The number of carboxylic acid groups (broad SMARTS) is 1. The molecule has 3 aromatic carbocycles. The normalized spacial score (nSPS) is 14.6. The van der Waals surface area contributed by atoms with E-state index in [1.54, 1.807) is 42.7 Å². The van der Waals surface area contributed by atoms with Crippen LogP contribution in [0, 0.1) is 0 Å². The standard InChI is InChI=1S/C32H28N2O7S/c1-3-39-24-17-20(15-16-23(24)41-19-26(35)36)18-25-30(37)34-29(22-13-9-6-10-14-22)27(31(38)40-4-2)28(33-32(34)42-25)21-11-7-5-8-12-21/h5-18,29H,3-4,19H2,1-2H3,(H,35,36)/b25-18-/t29-/m0/s1. The molecule has 0 fully saturated rings. The summed E-state index contributed by atoms with van der Waals surface area (Å²) in [6.45, 7) is 3.54. The Morgan fingerprint density at radius 3 is 2.33 bits per heavy atom. The Balaban J connectivity index is 1.71. The van der Waals surface area contributed by atoms with Crippen LogP contribution in [0.25, 0.3) is 11.8 Å². The van der Waals surface area contributed by atoms with Crippen molar-refractivity contribution in [3.8, 4) is 11.5 Å². The number of carbonyl (C=O) groups is 2. The molecule has 1 aliphatic heterocycles. The Morgan fingerprint density at radius 2 is 1.67 bits per heavy atom. The molecule has 2 heterocycles. The van der Waals surface area contributed by atoms with Crippen LogP contribution in [0.15, 0.2) is 94.2 Å². The van der Waals surface area contributed by atoms with Crippen LogP contribution < -0.4 is 24.4 Å². The lowest BCUT2D eigenvalue weighted by molar-refractivity contribution is -0.140. The number of nitrogens with zero attached hydrogens (tertiary/aromatic N) is 2. The predicted octanol–water partition coefficient (Wildman–Crippen LogP) is 3.80. The van der Waals surface area contributed by atoms with E-state index in [1.165, 1.54) is 11.3 Å². The zero-order valence-electron chi connectivity index (χ0n) is 23.0. The number of fused-ring (bicyclic) bond motifs is 1. The van der Waals surface area contributed by atoms with Crippen LogP contribution in [-0.2, 0) is 14.3 Å². The van der Waals surface area contributed by atoms with Gasteiger partial charge in [-0.15, -0.1) is 0 Å². The first kappa shape index (κ1) is 28.6. The number of rotatable bonds is 10. The van der Waals surface area contributed by atoms with E-state index in [4.69, 9.17) is 24.3 Å². The van der Waals surface area contributed by atoms with E-state index < -0.39 is 24.6 Å². The third kappa shape index (κ3) is 5.89. The number of hydrogen-bond donors (Lipinski definition) is 1. The zero-order valence-corrected chi connectivity index (χ0v) is 23.8. The summed E-state index contributed by atoms with van der Waals surface area (Å²) in [6.07, 6.45) is 1.71. The number of benzene rings is 3. The second-order valence-electron chi connectivity index (χ2n) is 9.16. The van der Waals surface area contributed by atoms with Crippen molar-refractivity contribution in [3.05, 3.63) is 121 Å². The summed E-state index contributed by atoms with van der Waals surface area (Å²) in [7, 11) is 0. The summed E-state index contributed by atoms with van der Waals surface area (Å²) < 4.78 is 18.4. The summed E-state index contributed by atoms with van der Waals surface area (Å²) in [5.74, 6) is -0.999. The summed E-state index contributed by atoms with van der Waals surface area (Å²) in [4.78, 5) is 43.8. The van der Waals surface area contributed by atoms with Crippen molar-refractivity contribution in [2.45, 2.75) is 19.9 Å². The number of carbonyl (C=O) groups excluding carboxylic acids is 1. The third-order valence-electron chi connectivity index (χ3n) is 6.41. The van der Waals surface area contributed by atoms with Gasteiger partial charge >= 0.3 is 11.9 Å². The van der Waals surface area contributed by atoms with E-state index in [9.17, 15) is 14.4 Å². The third-order valence-corrected chi connectivity index (χ3v) is 7.39. The summed E-state index contributed by atoms with van der Waals surface area (Å²) >= 11 is 1.21. The molecular weight excluding hydrogens is 556 g/mol. The average Bonchev–Trinajstić information content (AvgIpc) is 3.31. The van der Waals surface area contributed by atoms with E-state index >= 15 is 0 Å². The molecule has 0 amide bonds. The molecule has 0 spiro atoms. The van der Waals surface area contributed by atoms with Crippen LogP contribution in [0.5, 0.6) is 11.5 Å². The lowest BCUT2D eigenvalue weighted by atomic mass is 9.93. The van der Waals surface area contributed by atoms with Gasteiger partial charge in [-0.2, -0.15) is 0 Å². The van der Waals surface area contributed by atoms with Crippen molar-refractivity contribution >= 4 is 35.0 Å². The molecule has 1 N–H and O–H groups in total. The van der Waals surface area contributed by atoms with E-state index in [1.807, 2.05) is 60.7 Å². The highest BCUT2D eigenvalue weighted by atomic mass is 32.1. The maximum absolute atomic E-state index is 14.0. The lowest BCUT2D eigenvalue weighted by Gasteiger charge is -2.25. The van der Waals surface area contributed by atoms with Crippen LogP contribution in [-0.4, -0.2) is 41.4 Å². The summed E-state index contributed by atoms with van der Waals surface area (Å²) in [6, 6.07) is 23.0. The van der Waals surface area contributed by atoms with Gasteiger partial charge in [0.2, 0.25) is 0 Å². The fourth-order valence-corrected chi connectivity index (χ4v) is 5.68. The van der Waals surface area contributed by atoms with E-state index in [0.29, 0.717) is 33.0 Å². The van der Waals surface area contributed by atoms with Crippen molar-refractivity contribution < 1.29 is 28.9 Å². The number of carboxylic acids is 1. The Bertz CT molecular complexity index is 1830. The Kier molecular flexibility index (Phi) is 8.63. The van der Waals surface area contributed by atoms with Gasteiger partial charge in [-0.3, -0.25) is 9.36 Å². The SMILES string of the molecule is CCOC(=O)C1=C(c2ccccc2)N=c2s/c(=C\c3ccc(OCC(=O)O)c(OCC)c3)c(=O)n2[C@H]1c1ccccc1. The molecule has 5 rings (SSSR count). The van der Waals surface area contributed by atoms with E-state index in [0.717, 1.165) is 11.1 Å². The maximum atomic E-state index is 14.0. The van der Waals surface area contributed by atoms with Crippen LogP contribution >= 0.6 is 11.3 Å². The first-order valence-corrected chi connectivity index (χ1v) is 14.2. The van der Waals surface area contributed by atoms with Crippen molar-refractivity contribution in [2.24, 2.45) is 4.99 Å². The van der Waals surface area contributed by atoms with Crippen molar-refractivity contribution in [2.75, 3.05) is 19.8 Å². The first-order chi connectivity index (χ1) is 20.4. The topological polar surface area (TPSA) is 116 Å². The van der Waals surface area contributed by atoms with Gasteiger partial charge in [-0.1, -0.05) is 78.1 Å². The highest BCUT2D eigenvalue weighted by Crippen LogP contribution is 2.35. The minimum absolute atomic E-state index is 0.171. The Labute approximate surface area is 245 Å². The summed E-state index contributed by atoms with van der Waals surface area (Å²) in [5.41, 5.74) is 2.55. The van der Waals surface area contributed by atoms with E-state index in [2.05, 4.69) is 0 Å². The van der Waals surface area contributed by atoms with Crippen molar-refractivity contribution in [3.63, 3.8) is 0 Å². The number of aliphatic carboxylic acids is 1. The highest BCUT2D eigenvalue weighted by Gasteiger charge is 2.35. The van der Waals surface area contributed by atoms with Gasteiger partial charge in [-0.05, 0) is 43.2 Å². The van der Waals surface area contributed by atoms with Gasteiger partial charge in [0.25, 0.3) is 5.56 Å². The maximum Gasteiger partial charge on any atom is 0.341 e. The number of esters is 1. The highest BCUT2D eigenvalue weighted by molar-refractivity contribution is 7.07. The van der Waals surface area contributed by atoms with Gasteiger partial charge in [0, 0.05) is 5.56 Å². The molecule has 0 saturated heterocycles. The largest absolute Gasteiger partial charge is 0.490 e. The molecule has 214 valence electrons. The monoisotopic (exact) mass is 584 g/mol. The number of aromatic nitrogens is 1. The molecule has 0 bridgehead atoms. The number of hydrogen-bond acceptors (Lipinski definition) is 8. The molecule has 10 heteroatoms. The second kappa shape index (κ2) is 12.7. The van der Waals surface area contributed by atoms with Crippen molar-refractivity contribution in [1.82, 2.24) is 4.57 Å². The predicted molar refractivity (Wildman–Crippen MR) is 158 cm³/mol. The molecule has 1 aromatic heterocycles. The van der Waals surface area contributed by atoms with Crippen LogP contribution in [0.3, 0.4) is 0 Å². The molecule has 9 nitrogen and oxygen atoms in total. The van der Waals surface area contributed by atoms with Gasteiger partial charge in [0.05, 0.1) is 35.1 Å². The minimum atomic E-state index is -1.10. The molecule has 0 unspecified atom stereocenters. The molecule has 42 heavy (non-hydrogen) atoms. The molecule has 0 radical (unpaired) electrons. The second-order valence-corrected chi connectivity index (χ2v) is 10.2. The molecule has 4 aromatic rings. The van der Waals surface area contributed by atoms with Gasteiger partial charge < -0.3 is 19.3 Å². The molecule has 0 saturated carbocycles. The van der Waals surface area contributed by atoms with Gasteiger partial charge in [0.15, 0.2) is 22.9 Å². The Morgan fingerprint density at radius 1 is 0.952 bits per heavy atom. The van der Waals surface area contributed by atoms with Crippen molar-refractivity contribution in [1.29, 1.82) is 0 Å². The zero-order chi connectivity index (χ0) is 29.6. The molecular formula is C32H28N2O7S. The molecule has 1 atom stereocenters. The van der Waals surface area contributed by atoms with Crippen LogP contribution in [0.4, 0.5) is 0 Å². The quantitative estimate of drug-likeness (QED) is 0.282. The molecule has 1 aliphatic rings. The smallest absolute Gasteiger partial charge is 0.341 e. The molecule has 0 aliphatic carbocycles. The first-order valence-electron chi connectivity index (χ1n) is 13.4. The minimum Gasteiger partial charge on any atom is -0.490 e. The number of thiazole rings is 1. The summed E-state index contributed by atoms with van der Waals surface area (Å²) in [5, 5.41) is 8.98. The van der Waals surface area contributed by atoms with Crippen LogP contribution in [0.2, 0.25) is 0 Å². The van der Waals surface area contributed by atoms with Gasteiger partial charge in [-0.25, -0.2) is 14.6 Å². The lowest BCUT2D eigenvalue weighted by Crippen LogP contribution is -2.39. The number of ether oxygens (including phenoxy) is 3. The Hall–Kier alpha value is -4.96. The average molecular weight is 585 g/mol.